The molecule has 1 saturated heterocycles. The maximum atomic E-state index is 5.37. The van der Waals surface area contributed by atoms with Crippen LogP contribution < -0.4 is 10.6 Å². The highest BCUT2D eigenvalue weighted by Gasteiger charge is 2.31. The Balaban J connectivity index is 1.34. The quantitative estimate of drug-likeness (QED) is 0.453. The molecule has 124 valence electrons. The molecule has 0 spiro atoms. The lowest BCUT2D eigenvalue weighted by atomic mass is 9.69. The standard InChI is InChI=1S/C17H30N4O/c1-18-17(19-6-7-21-8-10-22-11-9-21)20-13-16-12-14-2-4-15(16)5-3-14/h2,4,14-16H,3,5-13H2,1H3,(H2,18,19,20). The number of guanidine groups is 1. The minimum absolute atomic E-state index is 0.779. The van der Waals surface area contributed by atoms with Gasteiger partial charge in [-0.1, -0.05) is 12.2 Å². The van der Waals surface area contributed by atoms with Gasteiger partial charge < -0.3 is 15.4 Å². The zero-order chi connectivity index (χ0) is 15.2. The molecule has 0 aromatic rings. The molecule has 2 fully saturated rings. The predicted molar refractivity (Wildman–Crippen MR) is 90.1 cm³/mol. The highest BCUT2D eigenvalue weighted by atomic mass is 16.5. The molecule has 1 aliphatic heterocycles. The summed E-state index contributed by atoms with van der Waals surface area (Å²) in [5.41, 5.74) is 0. The van der Waals surface area contributed by atoms with E-state index < -0.39 is 0 Å². The van der Waals surface area contributed by atoms with E-state index in [2.05, 4.69) is 32.7 Å². The van der Waals surface area contributed by atoms with Crippen molar-refractivity contribution >= 4 is 5.96 Å². The van der Waals surface area contributed by atoms with E-state index in [1.54, 1.807) is 0 Å². The molecule has 0 radical (unpaired) electrons. The number of hydrogen-bond donors (Lipinski definition) is 2. The normalized spacial score (nSPS) is 32.2. The molecule has 1 heterocycles. The van der Waals surface area contributed by atoms with Gasteiger partial charge in [-0.25, -0.2) is 0 Å². The summed E-state index contributed by atoms with van der Waals surface area (Å²) in [6, 6.07) is 0. The Kier molecular flexibility index (Phi) is 5.73. The van der Waals surface area contributed by atoms with Crippen LogP contribution in [0.15, 0.2) is 17.1 Å². The van der Waals surface area contributed by atoms with Crippen molar-refractivity contribution in [3.8, 4) is 0 Å². The number of rotatable bonds is 5. The minimum Gasteiger partial charge on any atom is -0.379 e. The van der Waals surface area contributed by atoms with E-state index in [1.807, 2.05) is 7.05 Å². The molecule has 0 aromatic carbocycles. The zero-order valence-corrected chi connectivity index (χ0v) is 13.8. The summed E-state index contributed by atoms with van der Waals surface area (Å²) >= 11 is 0. The molecule has 3 atom stereocenters. The van der Waals surface area contributed by atoms with Crippen molar-refractivity contribution < 1.29 is 4.74 Å². The Hall–Kier alpha value is -1.07. The molecule has 2 bridgehead atoms. The first-order valence-electron chi connectivity index (χ1n) is 8.78. The van der Waals surface area contributed by atoms with Crippen molar-refractivity contribution in [3.63, 3.8) is 0 Å². The molecule has 4 aliphatic rings. The Morgan fingerprint density at radius 1 is 1.23 bits per heavy atom. The lowest BCUT2D eigenvalue weighted by Crippen LogP contribution is -2.46. The number of morpholine rings is 1. The Bertz CT molecular complexity index is 403. The highest BCUT2D eigenvalue weighted by Crippen LogP contribution is 2.39. The second kappa shape index (κ2) is 7.97. The first-order chi connectivity index (χ1) is 10.8. The van der Waals surface area contributed by atoms with Gasteiger partial charge >= 0.3 is 0 Å². The van der Waals surface area contributed by atoms with Crippen molar-refractivity contribution in [1.29, 1.82) is 0 Å². The lowest BCUT2D eigenvalue weighted by molar-refractivity contribution is 0.0389. The van der Waals surface area contributed by atoms with Crippen LogP contribution in [0.2, 0.25) is 0 Å². The van der Waals surface area contributed by atoms with Gasteiger partial charge in [-0.2, -0.15) is 0 Å². The number of aliphatic imine (C=N–C) groups is 1. The maximum Gasteiger partial charge on any atom is 0.191 e. The third-order valence-electron chi connectivity index (χ3n) is 5.29. The topological polar surface area (TPSA) is 48.9 Å². The summed E-state index contributed by atoms with van der Waals surface area (Å²) in [7, 11) is 1.86. The van der Waals surface area contributed by atoms with Crippen molar-refractivity contribution in [1.82, 2.24) is 15.5 Å². The van der Waals surface area contributed by atoms with E-state index in [-0.39, 0.29) is 0 Å². The van der Waals surface area contributed by atoms with Crippen LogP contribution in [0.3, 0.4) is 0 Å². The SMILES string of the molecule is CN=C(NCCN1CCOCC1)NCC1CC2C=CC1CC2. The maximum absolute atomic E-state index is 5.37. The van der Waals surface area contributed by atoms with Gasteiger partial charge in [0.05, 0.1) is 13.2 Å². The second-order valence-electron chi connectivity index (χ2n) is 6.72. The van der Waals surface area contributed by atoms with Crippen molar-refractivity contribution in [2.24, 2.45) is 22.7 Å². The van der Waals surface area contributed by atoms with Crippen LogP contribution in [-0.2, 0) is 4.74 Å². The van der Waals surface area contributed by atoms with Gasteiger partial charge in [0.15, 0.2) is 5.96 Å². The lowest BCUT2D eigenvalue weighted by Gasteiger charge is -2.38. The van der Waals surface area contributed by atoms with Gasteiger partial charge in [0, 0.05) is 39.8 Å². The first-order valence-corrected chi connectivity index (χ1v) is 8.78. The van der Waals surface area contributed by atoms with E-state index in [1.165, 1.54) is 19.3 Å². The van der Waals surface area contributed by atoms with Crippen molar-refractivity contribution in [2.75, 3.05) is 53.0 Å². The van der Waals surface area contributed by atoms with E-state index in [9.17, 15) is 0 Å². The molecule has 3 unspecified atom stereocenters. The fourth-order valence-electron chi connectivity index (χ4n) is 3.89. The number of hydrogen-bond acceptors (Lipinski definition) is 3. The Morgan fingerprint density at radius 3 is 2.73 bits per heavy atom. The molecular formula is C17H30N4O. The average molecular weight is 306 g/mol. The van der Waals surface area contributed by atoms with Gasteiger partial charge in [0.1, 0.15) is 0 Å². The molecule has 2 N–H and O–H groups in total. The third kappa shape index (κ3) is 4.23. The molecule has 4 rings (SSSR count). The summed E-state index contributed by atoms with van der Waals surface area (Å²) in [5, 5.41) is 6.96. The van der Waals surface area contributed by atoms with Crippen molar-refractivity contribution in [3.05, 3.63) is 12.2 Å². The molecule has 5 heteroatoms. The summed E-state index contributed by atoms with van der Waals surface area (Å²) < 4.78 is 5.37. The van der Waals surface area contributed by atoms with Crippen LogP contribution in [0.1, 0.15) is 19.3 Å². The number of nitrogens with zero attached hydrogens (tertiary/aromatic N) is 2. The van der Waals surface area contributed by atoms with E-state index in [0.29, 0.717) is 0 Å². The van der Waals surface area contributed by atoms with E-state index in [0.717, 1.165) is 69.7 Å². The molecule has 3 aliphatic carbocycles. The van der Waals surface area contributed by atoms with Gasteiger partial charge in [-0.05, 0) is 37.0 Å². The van der Waals surface area contributed by atoms with Gasteiger partial charge in [0.25, 0.3) is 0 Å². The van der Waals surface area contributed by atoms with Gasteiger partial charge in [-0.3, -0.25) is 9.89 Å². The monoisotopic (exact) mass is 306 g/mol. The molecule has 22 heavy (non-hydrogen) atoms. The number of allylic oxidation sites excluding steroid dienone is 2. The zero-order valence-electron chi connectivity index (χ0n) is 13.8. The van der Waals surface area contributed by atoms with Crippen LogP contribution in [0.25, 0.3) is 0 Å². The number of nitrogens with one attached hydrogen (secondary N) is 2. The smallest absolute Gasteiger partial charge is 0.191 e. The minimum atomic E-state index is 0.779. The Labute approximate surface area is 134 Å². The molecule has 1 saturated carbocycles. The molecule has 5 nitrogen and oxygen atoms in total. The van der Waals surface area contributed by atoms with Gasteiger partial charge in [0.2, 0.25) is 0 Å². The largest absolute Gasteiger partial charge is 0.379 e. The van der Waals surface area contributed by atoms with E-state index >= 15 is 0 Å². The third-order valence-corrected chi connectivity index (χ3v) is 5.29. The van der Waals surface area contributed by atoms with Crippen LogP contribution in [0, 0.1) is 17.8 Å². The summed E-state index contributed by atoms with van der Waals surface area (Å²) in [5.74, 6) is 3.33. The summed E-state index contributed by atoms with van der Waals surface area (Å²) in [6.07, 6.45) is 8.98. The highest BCUT2D eigenvalue weighted by molar-refractivity contribution is 5.79. The fourth-order valence-corrected chi connectivity index (χ4v) is 3.89. The molecule has 0 aromatic heterocycles. The fraction of sp³-hybridized carbons (Fsp3) is 0.824. The Morgan fingerprint density at radius 2 is 2.09 bits per heavy atom. The van der Waals surface area contributed by atoms with Crippen molar-refractivity contribution in [2.45, 2.75) is 19.3 Å². The van der Waals surface area contributed by atoms with Crippen LogP contribution in [0.4, 0.5) is 0 Å². The van der Waals surface area contributed by atoms with Crippen LogP contribution in [0.5, 0.6) is 0 Å². The predicted octanol–water partition coefficient (Wildman–Crippen LogP) is 1.09. The summed E-state index contributed by atoms with van der Waals surface area (Å²) in [6.45, 7) is 6.87. The summed E-state index contributed by atoms with van der Waals surface area (Å²) in [4.78, 5) is 6.79. The number of ether oxygens (including phenoxy) is 1. The average Bonchev–Trinajstić information content (AvgIpc) is 2.60. The molecular weight excluding hydrogens is 276 g/mol. The number of fused-ring (bicyclic) bond motifs is 2. The van der Waals surface area contributed by atoms with Gasteiger partial charge in [-0.15, -0.1) is 0 Å². The second-order valence-corrected chi connectivity index (χ2v) is 6.72. The van der Waals surface area contributed by atoms with Crippen LogP contribution in [-0.4, -0.2) is 63.8 Å². The van der Waals surface area contributed by atoms with E-state index in [4.69, 9.17) is 4.74 Å². The van der Waals surface area contributed by atoms with Crippen LogP contribution >= 0.6 is 0 Å². The first kappa shape index (κ1) is 15.8. The molecule has 0 amide bonds.